The highest BCUT2D eigenvalue weighted by Crippen LogP contribution is 2.21. The zero-order valence-corrected chi connectivity index (χ0v) is 16.5. The van der Waals surface area contributed by atoms with Crippen molar-refractivity contribution in [3.05, 3.63) is 59.7 Å². The number of hydrogen-bond acceptors (Lipinski definition) is 5. The van der Waals surface area contributed by atoms with Crippen molar-refractivity contribution in [1.29, 1.82) is 0 Å². The highest BCUT2D eigenvalue weighted by Gasteiger charge is 2.27. The first-order valence-electron chi connectivity index (χ1n) is 9.17. The third-order valence-corrected chi connectivity index (χ3v) is 6.30. The molecule has 1 aliphatic rings. The van der Waals surface area contributed by atoms with Crippen molar-refractivity contribution in [2.45, 2.75) is 24.7 Å². The number of hydrazone groups is 1. The molecule has 0 saturated carbocycles. The highest BCUT2D eigenvalue weighted by molar-refractivity contribution is 7.89. The molecule has 0 atom stereocenters. The van der Waals surface area contributed by atoms with E-state index in [2.05, 4.69) is 10.5 Å². The number of amides is 1. The van der Waals surface area contributed by atoms with Crippen molar-refractivity contribution >= 4 is 22.1 Å². The normalized spacial score (nSPS) is 15.0. The maximum atomic E-state index is 12.5. The quantitative estimate of drug-likeness (QED) is 0.571. The highest BCUT2D eigenvalue weighted by atomic mass is 32.2. The number of nitrogens with one attached hydrogen (secondary N) is 1. The van der Waals surface area contributed by atoms with Crippen LogP contribution in [-0.4, -0.2) is 44.5 Å². The average Bonchev–Trinajstić information content (AvgIpc) is 3.25. The van der Waals surface area contributed by atoms with Crippen LogP contribution in [0.5, 0.6) is 5.75 Å². The Morgan fingerprint density at radius 1 is 1.11 bits per heavy atom. The van der Waals surface area contributed by atoms with Gasteiger partial charge in [-0.3, -0.25) is 4.79 Å². The molecular formula is C20H23N3O4S. The molecule has 1 N–H and O–H groups in total. The summed E-state index contributed by atoms with van der Waals surface area (Å²) in [6.45, 7) is 3.61. The molecule has 0 radical (unpaired) electrons. The molecule has 8 heteroatoms. The van der Waals surface area contributed by atoms with Gasteiger partial charge in [0.1, 0.15) is 5.75 Å². The Morgan fingerprint density at radius 3 is 2.36 bits per heavy atom. The molecule has 1 saturated heterocycles. The Morgan fingerprint density at radius 2 is 1.75 bits per heavy atom. The van der Waals surface area contributed by atoms with Crippen LogP contribution in [0, 0.1) is 0 Å². The Kier molecular flexibility index (Phi) is 6.43. The first-order valence-corrected chi connectivity index (χ1v) is 10.6. The molecule has 3 rings (SSSR count). The van der Waals surface area contributed by atoms with Crippen LogP contribution in [0.4, 0.5) is 0 Å². The van der Waals surface area contributed by atoms with Crippen LogP contribution in [0.2, 0.25) is 0 Å². The second-order valence-corrected chi connectivity index (χ2v) is 8.27. The van der Waals surface area contributed by atoms with Crippen molar-refractivity contribution in [2.75, 3.05) is 19.7 Å². The lowest BCUT2D eigenvalue weighted by molar-refractivity contribution is 0.0955. The second-order valence-electron chi connectivity index (χ2n) is 6.34. The molecule has 0 unspecified atom stereocenters. The molecule has 1 heterocycles. The van der Waals surface area contributed by atoms with E-state index in [-0.39, 0.29) is 4.90 Å². The Labute approximate surface area is 165 Å². The van der Waals surface area contributed by atoms with Crippen molar-refractivity contribution in [3.63, 3.8) is 0 Å². The average molecular weight is 401 g/mol. The fraction of sp³-hybridized carbons (Fsp3) is 0.300. The largest absolute Gasteiger partial charge is 0.494 e. The molecule has 2 aromatic rings. The molecule has 2 aromatic carbocycles. The molecule has 148 valence electrons. The van der Waals surface area contributed by atoms with E-state index in [1.165, 1.54) is 34.8 Å². The molecule has 1 aliphatic heterocycles. The third-order valence-electron chi connectivity index (χ3n) is 4.39. The van der Waals surface area contributed by atoms with Crippen LogP contribution >= 0.6 is 0 Å². The maximum absolute atomic E-state index is 12.5. The Balaban J connectivity index is 1.60. The fourth-order valence-corrected chi connectivity index (χ4v) is 4.42. The monoisotopic (exact) mass is 401 g/mol. The lowest BCUT2D eigenvalue weighted by atomic mass is 10.2. The van der Waals surface area contributed by atoms with Crippen LogP contribution in [0.3, 0.4) is 0 Å². The number of nitrogens with zero attached hydrogens (tertiary/aromatic N) is 2. The summed E-state index contributed by atoms with van der Waals surface area (Å²) in [6.07, 6.45) is 3.29. The van der Waals surface area contributed by atoms with E-state index in [1.807, 2.05) is 31.2 Å². The first kappa shape index (κ1) is 20.0. The third kappa shape index (κ3) is 4.76. The SMILES string of the molecule is CCOc1ccc(/C=N\NC(=O)c2ccc(S(=O)(=O)N3CCCC3)cc2)cc1. The van der Waals surface area contributed by atoms with Crippen molar-refractivity contribution in [2.24, 2.45) is 5.10 Å². The van der Waals surface area contributed by atoms with E-state index in [1.54, 1.807) is 0 Å². The van der Waals surface area contributed by atoms with Gasteiger partial charge in [-0.25, -0.2) is 13.8 Å². The van der Waals surface area contributed by atoms with Crippen LogP contribution < -0.4 is 10.2 Å². The van der Waals surface area contributed by atoms with Gasteiger partial charge in [0.2, 0.25) is 10.0 Å². The molecule has 1 fully saturated rings. The van der Waals surface area contributed by atoms with E-state index < -0.39 is 15.9 Å². The smallest absolute Gasteiger partial charge is 0.271 e. The van der Waals surface area contributed by atoms with Gasteiger partial charge in [0.05, 0.1) is 17.7 Å². The number of rotatable bonds is 7. The summed E-state index contributed by atoms with van der Waals surface area (Å²) in [5.41, 5.74) is 3.59. The topological polar surface area (TPSA) is 88.1 Å². The van der Waals surface area contributed by atoms with Crippen LogP contribution in [-0.2, 0) is 10.0 Å². The van der Waals surface area contributed by atoms with Gasteiger partial charge in [0.15, 0.2) is 0 Å². The molecule has 0 aromatic heterocycles. The summed E-state index contributed by atoms with van der Waals surface area (Å²) >= 11 is 0. The van der Waals surface area contributed by atoms with Gasteiger partial charge < -0.3 is 4.74 Å². The van der Waals surface area contributed by atoms with Gasteiger partial charge in [-0.2, -0.15) is 9.41 Å². The zero-order chi connectivity index (χ0) is 20.0. The maximum Gasteiger partial charge on any atom is 0.271 e. The lowest BCUT2D eigenvalue weighted by Crippen LogP contribution is -2.28. The summed E-state index contributed by atoms with van der Waals surface area (Å²) in [5, 5.41) is 3.94. The predicted molar refractivity (Wildman–Crippen MR) is 107 cm³/mol. The van der Waals surface area contributed by atoms with Crippen molar-refractivity contribution < 1.29 is 17.9 Å². The Bertz CT molecular complexity index is 932. The van der Waals surface area contributed by atoms with Gasteiger partial charge in [0, 0.05) is 18.7 Å². The second kappa shape index (κ2) is 8.99. The fourth-order valence-electron chi connectivity index (χ4n) is 2.90. The molecule has 0 spiro atoms. The number of benzene rings is 2. The molecule has 28 heavy (non-hydrogen) atoms. The van der Waals surface area contributed by atoms with Crippen molar-refractivity contribution in [3.8, 4) is 5.75 Å². The number of carbonyl (C=O) groups is 1. The molecule has 1 amide bonds. The zero-order valence-electron chi connectivity index (χ0n) is 15.7. The number of carbonyl (C=O) groups excluding carboxylic acids is 1. The van der Waals surface area contributed by atoms with Crippen LogP contribution in [0.25, 0.3) is 0 Å². The minimum Gasteiger partial charge on any atom is -0.494 e. The van der Waals surface area contributed by atoms with E-state index in [0.29, 0.717) is 25.3 Å². The van der Waals surface area contributed by atoms with Crippen LogP contribution in [0.15, 0.2) is 58.5 Å². The van der Waals surface area contributed by atoms with Gasteiger partial charge in [-0.15, -0.1) is 0 Å². The lowest BCUT2D eigenvalue weighted by Gasteiger charge is -2.15. The Hall–Kier alpha value is -2.71. The van der Waals surface area contributed by atoms with E-state index in [0.717, 1.165) is 24.2 Å². The van der Waals surface area contributed by atoms with Crippen LogP contribution in [0.1, 0.15) is 35.7 Å². The van der Waals surface area contributed by atoms with E-state index in [9.17, 15) is 13.2 Å². The summed E-state index contributed by atoms with van der Waals surface area (Å²) in [4.78, 5) is 12.4. The molecular weight excluding hydrogens is 378 g/mol. The van der Waals surface area contributed by atoms with Gasteiger partial charge in [0.25, 0.3) is 5.91 Å². The van der Waals surface area contributed by atoms with Gasteiger partial charge in [-0.1, -0.05) is 0 Å². The van der Waals surface area contributed by atoms with Crippen molar-refractivity contribution in [1.82, 2.24) is 9.73 Å². The van der Waals surface area contributed by atoms with E-state index in [4.69, 9.17) is 4.74 Å². The standard InChI is InChI=1S/C20H23N3O4S/c1-2-27-18-9-5-16(6-10-18)15-21-22-20(24)17-7-11-19(12-8-17)28(25,26)23-13-3-4-14-23/h5-12,15H,2-4,13-14H2,1H3,(H,22,24)/b21-15-. The molecule has 0 bridgehead atoms. The summed E-state index contributed by atoms with van der Waals surface area (Å²) < 4.78 is 31.8. The minimum absolute atomic E-state index is 0.198. The van der Waals surface area contributed by atoms with Gasteiger partial charge >= 0.3 is 0 Å². The summed E-state index contributed by atoms with van der Waals surface area (Å²) in [5.74, 6) is 0.361. The minimum atomic E-state index is -3.48. The number of sulfonamides is 1. The molecule has 7 nitrogen and oxygen atoms in total. The number of ether oxygens (including phenoxy) is 1. The summed E-state index contributed by atoms with van der Waals surface area (Å²) in [7, 11) is -3.48. The van der Waals surface area contributed by atoms with Gasteiger partial charge in [-0.05, 0) is 73.9 Å². The van der Waals surface area contributed by atoms with E-state index >= 15 is 0 Å². The molecule has 0 aliphatic carbocycles. The first-order chi connectivity index (χ1) is 13.5. The number of hydrogen-bond donors (Lipinski definition) is 1. The predicted octanol–water partition coefficient (Wildman–Crippen LogP) is 2.63. The summed E-state index contributed by atoms with van der Waals surface area (Å²) in [6, 6.07) is 13.2.